The van der Waals surface area contributed by atoms with Gasteiger partial charge in [0.15, 0.2) is 0 Å². The second kappa shape index (κ2) is 14.4. The minimum absolute atomic E-state index is 0.918. The van der Waals surface area contributed by atoms with Crippen molar-refractivity contribution in [1.29, 1.82) is 0 Å². The second-order valence-electron chi connectivity index (χ2n) is 8.12. The third kappa shape index (κ3) is 6.79. The van der Waals surface area contributed by atoms with Crippen molar-refractivity contribution in [2.24, 2.45) is 0 Å². The summed E-state index contributed by atoms with van der Waals surface area (Å²) in [6, 6.07) is 35.5. The zero-order chi connectivity index (χ0) is 27.6. The summed E-state index contributed by atoms with van der Waals surface area (Å²) >= 11 is 7.31. The molecule has 39 heavy (non-hydrogen) atoms. The van der Waals surface area contributed by atoms with Gasteiger partial charge in [-0.05, 0) is 89.5 Å². The molecule has 0 spiro atoms. The largest absolute Gasteiger partial charge is 0.342 e. The Hall–Kier alpha value is -2.96. The first kappa shape index (κ1) is 29.0. The SMILES string of the molecule is CC.CC.CCN(c1ccc(-c2ccc(-c3cccs3)s2)cc1)c1ccc(-c2ccc(-c3cccs3)s2)cc1. The predicted octanol–water partition coefficient (Wildman–Crippen LogP) is 12.8. The molecule has 0 saturated heterocycles. The van der Waals surface area contributed by atoms with E-state index in [1.54, 1.807) is 22.7 Å². The van der Waals surface area contributed by atoms with Gasteiger partial charge in [-0.15, -0.1) is 45.3 Å². The molecule has 0 aliphatic carbocycles. The number of rotatable bonds is 7. The number of benzene rings is 2. The van der Waals surface area contributed by atoms with E-state index < -0.39 is 0 Å². The van der Waals surface area contributed by atoms with Gasteiger partial charge in [-0.25, -0.2) is 0 Å². The lowest BCUT2D eigenvalue weighted by atomic mass is 10.1. The lowest BCUT2D eigenvalue weighted by molar-refractivity contribution is 1.02. The zero-order valence-electron chi connectivity index (χ0n) is 23.2. The van der Waals surface area contributed by atoms with Crippen molar-refractivity contribution in [2.45, 2.75) is 34.6 Å². The molecule has 4 aromatic heterocycles. The summed E-state index contributed by atoms with van der Waals surface area (Å²) < 4.78 is 0. The molecule has 0 unspecified atom stereocenters. The molecule has 0 amide bonds. The number of nitrogens with zero attached hydrogens (tertiary/aromatic N) is 1. The molecule has 0 atom stereocenters. The summed E-state index contributed by atoms with van der Waals surface area (Å²) in [6.45, 7) is 11.1. The Bertz CT molecular complexity index is 1390. The standard InChI is InChI=1S/C30H23NS4.2C2H6/c1-2-31(23-11-7-21(8-12-23)25-15-17-29(34-25)27-5-3-19-32-27)24-13-9-22(10-14-24)26-16-18-30(35-26)28-6-4-20-33-28;2*1-2/h3-20H,2H2,1H3;2*1-2H3. The normalized spacial score (nSPS) is 10.3. The van der Waals surface area contributed by atoms with Gasteiger partial charge >= 0.3 is 0 Å². The molecule has 6 aromatic rings. The topological polar surface area (TPSA) is 3.24 Å². The maximum absolute atomic E-state index is 2.37. The molecule has 0 radical (unpaired) electrons. The highest BCUT2D eigenvalue weighted by molar-refractivity contribution is 7.23. The molecular weight excluding hydrogens is 551 g/mol. The Labute approximate surface area is 249 Å². The van der Waals surface area contributed by atoms with Crippen LogP contribution < -0.4 is 4.90 Å². The van der Waals surface area contributed by atoms with Crippen LogP contribution in [0.2, 0.25) is 0 Å². The molecule has 1 nitrogen and oxygen atoms in total. The average molecular weight is 586 g/mol. The van der Waals surface area contributed by atoms with Gasteiger partial charge in [-0.3, -0.25) is 0 Å². The molecule has 4 heterocycles. The van der Waals surface area contributed by atoms with E-state index >= 15 is 0 Å². The summed E-state index contributed by atoms with van der Waals surface area (Å²) in [4.78, 5) is 10.3. The third-order valence-corrected chi connectivity index (χ3v) is 10.4. The van der Waals surface area contributed by atoms with Crippen LogP contribution in [0.15, 0.2) is 108 Å². The van der Waals surface area contributed by atoms with Gasteiger partial charge in [0, 0.05) is 47.2 Å². The molecule has 2 aromatic carbocycles. The predicted molar refractivity (Wildman–Crippen MR) is 182 cm³/mol. The van der Waals surface area contributed by atoms with E-state index in [0.29, 0.717) is 0 Å². The van der Waals surface area contributed by atoms with E-state index in [4.69, 9.17) is 0 Å². The van der Waals surface area contributed by atoms with E-state index in [1.165, 1.54) is 51.8 Å². The van der Waals surface area contributed by atoms with E-state index in [9.17, 15) is 0 Å². The van der Waals surface area contributed by atoms with E-state index in [1.807, 2.05) is 50.4 Å². The molecule has 0 N–H and O–H groups in total. The number of hydrogen-bond donors (Lipinski definition) is 0. The van der Waals surface area contributed by atoms with Crippen molar-refractivity contribution in [3.63, 3.8) is 0 Å². The molecule has 5 heteroatoms. The van der Waals surface area contributed by atoms with Crippen LogP contribution in [0.3, 0.4) is 0 Å². The molecule has 0 fully saturated rings. The van der Waals surface area contributed by atoms with Gasteiger partial charge < -0.3 is 4.90 Å². The molecule has 6 rings (SSSR count). The Morgan fingerprint density at radius 1 is 0.462 bits per heavy atom. The lowest BCUT2D eigenvalue weighted by Gasteiger charge is -2.23. The third-order valence-electron chi connectivity index (χ3n) is 5.98. The fourth-order valence-corrected chi connectivity index (χ4v) is 7.91. The van der Waals surface area contributed by atoms with Gasteiger partial charge in [0.05, 0.1) is 0 Å². The second-order valence-corrected chi connectivity index (χ2v) is 12.2. The van der Waals surface area contributed by atoms with Gasteiger partial charge in [-0.2, -0.15) is 0 Å². The maximum atomic E-state index is 2.37. The van der Waals surface area contributed by atoms with Crippen LogP contribution in [0.1, 0.15) is 34.6 Å². The van der Waals surface area contributed by atoms with Crippen molar-refractivity contribution < 1.29 is 0 Å². The summed E-state index contributed by atoms with van der Waals surface area (Å²) in [6.07, 6.45) is 0. The highest BCUT2D eigenvalue weighted by Crippen LogP contribution is 2.39. The number of thiophene rings is 4. The molecule has 0 aliphatic rings. The Morgan fingerprint density at radius 2 is 0.846 bits per heavy atom. The van der Waals surface area contributed by atoms with Crippen LogP contribution in [0, 0.1) is 0 Å². The average Bonchev–Trinajstić information content (AvgIpc) is 3.83. The van der Waals surface area contributed by atoms with Gasteiger partial charge in [-0.1, -0.05) is 64.1 Å². The molecule has 0 saturated carbocycles. The maximum Gasteiger partial charge on any atom is 0.0449 e. The van der Waals surface area contributed by atoms with E-state index in [0.717, 1.165) is 6.54 Å². The highest BCUT2D eigenvalue weighted by Gasteiger charge is 2.11. The fraction of sp³-hybridized carbons (Fsp3) is 0.176. The minimum Gasteiger partial charge on any atom is -0.342 e. The number of hydrogen-bond acceptors (Lipinski definition) is 5. The van der Waals surface area contributed by atoms with Gasteiger partial charge in [0.25, 0.3) is 0 Å². The summed E-state index contributed by atoms with van der Waals surface area (Å²) in [5, 5.41) is 4.27. The van der Waals surface area contributed by atoms with E-state index in [-0.39, 0.29) is 0 Å². The first-order valence-corrected chi connectivity index (χ1v) is 16.9. The van der Waals surface area contributed by atoms with Gasteiger partial charge in [0.2, 0.25) is 0 Å². The number of anilines is 2. The van der Waals surface area contributed by atoms with Gasteiger partial charge in [0.1, 0.15) is 0 Å². The van der Waals surface area contributed by atoms with Crippen molar-refractivity contribution in [1.82, 2.24) is 0 Å². The minimum atomic E-state index is 0.918. The van der Waals surface area contributed by atoms with Crippen molar-refractivity contribution >= 4 is 56.7 Å². The van der Waals surface area contributed by atoms with Crippen LogP contribution in [-0.2, 0) is 0 Å². The van der Waals surface area contributed by atoms with Crippen LogP contribution in [0.25, 0.3) is 40.4 Å². The van der Waals surface area contributed by atoms with Crippen molar-refractivity contribution in [3.05, 3.63) is 108 Å². The Kier molecular flexibility index (Phi) is 10.7. The monoisotopic (exact) mass is 585 g/mol. The van der Waals surface area contributed by atoms with Crippen LogP contribution >= 0.6 is 45.3 Å². The molecule has 0 bridgehead atoms. The molecular formula is C34H35NS4. The first-order valence-electron chi connectivity index (χ1n) is 13.5. The molecule has 200 valence electrons. The molecule has 0 aliphatic heterocycles. The fourth-order valence-electron chi connectivity index (χ4n) is 4.21. The smallest absolute Gasteiger partial charge is 0.0449 e. The Morgan fingerprint density at radius 3 is 1.18 bits per heavy atom. The lowest BCUT2D eigenvalue weighted by Crippen LogP contribution is -2.15. The zero-order valence-corrected chi connectivity index (χ0v) is 26.4. The first-order chi connectivity index (χ1) is 19.3. The van der Waals surface area contributed by atoms with Crippen molar-refractivity contribution in [3.8, 4) is 40.4 Å². The van der Waals surface area contributed by atoms with Crippen LogP contribution in [0.4, 0.5) is 11.4 Å². The van der Waals surface area contributed by atoms with Crippen LogP contribution in [-0.4, -0.2) is 6.54 Å². The van der Waals surface area contributed by atoms with Crippen molar-refractivity contribution in [2.75, 3.05) is 11.4 Å². The summed E-state index contributed by atoms with van der Waals surface area (Å²) in [5.74, 6) is 0. The summed E-state index contributed by atoms with van der Waals surface area (Å²) in [7, 11) is 0. The highest BCUT2D eigenvalue weighted by atomic mass is 32.1. The Balaban J connectivity index is 0.000000845. The van der Waals surface area contributed by atoms with E-state index in [2.05, 4.69) is 120 Å². The quantitative estimate of drug-likeness (QED) is 0.180. The summed E-state index contributed by atoms with van der Waals surface area (Å²) in [5.41, 5.74) is 4.98. The van der Waals surface area contributed by atoms with Crippen LogP contribution in [0.5, 0.6) is 0 Å².